The van der Waals surface area contributed by atoms with E-state index in [2.05, 4.69) is 12.2 Å². The average molecular weight is 225 g/mol. The third kappa shape index (κ3) is 4.29. The molecule has 1 unspecified atom stereocenters. The summed E-state index contributed by atoms with van der Waals surface area (Å²) in [6.07, 6.45) is 1.10. The Morgan fingerprint density at radius 1 is 1.44 bits per heavy atom. The van der Waals surface area contributed by atoms with E-state index in [0.717, 1.165) is 25.1 Å². The van der Waals surface area contributed by atoms with Crippen molar-refractivity contribution in [2.45, 2.75) is 19.3 Å². The molecule has 0 spiro atoms. The van der Waals surface area contributed by atoms with Crippen molar-refractivity contribution in [1.82, 2.24) is 5.32 Å². The van der Waals surface area contributed by atoms with Crippen LogP contribution in [-0.4, -0.2) is 26.8 Å². The normalized spacial score (nSPS) is 12.7. The zero-order valence-electron chi connectivity index (χ0n) is 10.0. The molecule has 0 aliphatic carbocycles. The van der Waals surface area contributed by atoms with Gasteiger partial charge in [0.1, 0.15) is 5.82 Å². The Labute approximate surface area is 96.8 Å². The lowest BCUT2D eigenvalue weighted by Crippen LogP contribution is -2.25. The Bertz CT molecular complexity index is 304. The maximum Gasteiger partial charge on any atom is 0.123 e. The maximum absolute atomic E-state index is 13.1. The van der Waals surface area contributed by atoms with Crippen molar-refractivity contribution in [3.63, 3.8) is 0 Å². The van der Waals surface area contributed by atoms with Crippen LogP contribution < -0.4 is 5.32 Å². The molecule has 90 valence electrons. The highest BCUT2D eigenvalue weighted by molar-refractivity contribution is 5.21. The molecule has 0 aliphatic rings. The first-order valence-electron chi connectivity index (χ1n) is 5.73. The number of methoxy groups -OCH3 is 1. The van der Waals surface area contributed by atoms with Crippen LogP contribution >= 0.6 is 0 Å². The summed E-state index contributed by atoms with van der Waals surface area (Å²) in [5.74, 6) is 0.0290. The van der Waals surface area contributed by atoms with Crippen molar-refractivity contribution in [2.75, 3.05) is 26.8 Å². The minimum Gasteiger partial charge on any atom is -0.384 e. The van der Waals surface area contributed by atoms with Gasteiger partial charge in [0, 0.05) is 19.6 Å². The van der Waals surface area contributed by atoms with Gasteiger partial charge in [0.25, 0.3) is 0 Å². The van der Waals surface area contributed by atoms with E-state index in [4.69, 9.17) is 4.74 Å². The van der Waals surface area contributed by atoms with Crippen LogP contribution in [0.4, 0.5) is 4.39 Å². The van der Waals surface area contributed by atoms with Crippen molar-refractivity contribution in [3.05, 3.63) is 35.6 Å². The molecule has 1 atom stereocenters. The van der Waals surface area contributed by atoms with Gasteiger partial charge >= 0.3 is 0 Å². The fourth-order valence-corrected chi connectivity index (χ4v) is 1.69. The molecule has 0 heterocycles. The standard InChI is InChI=1S/C13H20FNO/c1-3-7-15-9-12(10-16-2)11-5-4-6-13(14)8-11/h4-6,8,12,15H,3,7,9-10H2,1-2H3. The first kappa shape index (κ1) is 13.1. The van der Waals surface area contributed by atoms with E-state index in [1.165, 1.54) is 6.07 Å². The molecule has 2 nitrogen and oxygen atoms in total. The lowest BCUT2D eigenvalue weighted by atomic mass is 10.00. The molecule has 0 bridgehead atoms. The van der Waals surface area contributed by atoms with Crippen LogP contribution in [-0.2, 0) is 4.74 Å². The van der Waals surface area contributed by atoms with Crippen molar-refractivity contribution in [2.24, 2.45) is 0 Å². The molecule has 0 aromatic heterocycles. The van der Waals surface area contributed by atoms with E-state index in [0.29, 0.717) is 6.61 Å². The summed E-state index contributed by atoms with van der Waals surface area (Å²) < 4.78 is 18.3. The van der Waals surface area contributed by atoms with Crippen LogP contribution in [0.15, 0.2) is 24.3 Å². The zero-order chi connectivity index (χ0) is 11.8. The summed E-state index contributed by atoms with van der Waals surface area (Å²) in [7, 11) is 1.67. The summed E-state index contributed by atoms with van der Waals surface area (Å²) in [6.45, 7) is 4.54. The van der Waals surface area contributed by atoms with Crippen molar-refractivity contribution < 1.29 is 9.13 Å². The Hall–Kier alpha value is -0.930. The molecule has 1 aromatic carbocycles. The van der Waals surface area contributed by atoms with E-state index in [1.807, 2.05) is 6.07 Å². The number of hydrogen-bond acceptors (Lipinski definition) is 2. The monoisotopic (exact) mass is 225 g/mol. The summed E-state index contributed by atoms with van der Waals surface area (Å²) in [6, 6.07) is 6.73. The smallest absolute Gasteiger partial charge is 0.123 e. The summed E-state index contributed by atoms with van der Waals surface area (Å²) >= 11 is 0. The van der Waals surface area contributed by atoms with Gasteiger partial charge in [-0.3, -0.25) is 0 Å². The van der Waals surface area contributed by atoms with Gasteiger partial charge in [0.05, 0.1) is 6.61 Å². The van der Waals surface area contributed by atoms with Crippen molar-refractivity contribution >= 4 is 0 Å². The predicted molar refractivity (Wildman–Crippen MR) is 64.2 cm³/mol. The molecule has 0 fully saturated rings. The second-order valence-corrected chi connectivity index (χ2v) is 3.91. The van der Waals surface area contributed by atoms with Gasteiger partial charge in [-0.2, -0.15) is 0 Å². The molecule has 1 aromatic rings. The molecule has 1 N–H and O–H groups in total. The molecule has 3 heteroatoms. The number of ether oxygens (including phenoxy) is 1. The third-order valence-electron chi connectivity index (χ3n) is 2.51. The molecule has 0 saturated carbocycles. The molecule has 0 amide bonds. The topological polar surface area (TPSA) is 21.3 Å². The van der Waals surface area contributed by atoms with E-state index in [-0.39, 0.29) is 11.7 Å². The number of hydrogen-bond donors (Lipinski definition) is 1. The maximum atomic E-state index is 13.1. The van der Waals surface area contributed by atoms with Crippen molar-refractivity contribution in [1.29, 1.82) is 0 Å². The highest BCUT2D eigenvalue weighted by Crippen LogP contribution is 2.16. The van der Waals surface area contributed by atoms with E-state index < -0.39 is 0 Å². The number of halogens is 1. The summed E-state index contributed by atoms with van der Waals surface area (Å²) in [4.78, 5) is 0. The van der Waals surface area contributed by atoms with E-state index in [1.54, 1.807) is 19.2 Å². The second-order valence-electron chi connectivity index (χ2n) is 3.91. The predicted octanol–water partition coefficient (Wildman–Crippen LogP) is 2.56. The largest absolute Gasteiger partial charge is 0.384 e. The molecule has 0 radical (unpaired) electrons. The molecular formula is C13H20FNO. The molecular weight excluding hydrogens is 205 g/mol. The van der Waals surface area contributed by atoms with Gasteiger partial charge in [0.15, 0.2) is 0 Å². The van der Waals surface area contributed by atoms with Crippen LogP contribution in [0.25, 0.3) is 0 Å². The quantitative estimate of drug-likeness (QED) is 0.720. The van der Waals surface area contributed by atoms with Gasteiger partial charge in [-0.15, -0.1) is 0 Å². The first-order chi connectivity index (χ1) is 7.77. The van der Waals surface area contributed by atoms with Crippen LogP contribution in [0.1, 0.15) is 24.8 Å². The summed E-state index contributed by atoms with van der Waals surface area (Å²) in [5, 5.41) is 3.34. The SMILES string of the molecule is CCCNCC(COC)c1cccc(F)c1. The minimum absolute atomic E-state index is 0.186. The van der Waals surface area contributed by atoms with Crippen LogP contribution in [0, 0.1) is 5.82 Å². The van der Waals surface area contributed by atoms with Crippen LogP contribution in [0.5, 0.6) is 0 Å². The van der Waals surface area contributed by atoms with Gasteiger partial charge < -0.3 is 10.1 Å². The molecule has 16 heavy (non-hydrogen) atoms. The second kappa shape index (κ2) is 7.36. The first-order valence-corrected chi connectivity index (χ1v) is 5.73. The Morgan fingerprint density at radius 3 is 2.88 bits per heavy atom. The van der Waals surface area contributed by atoms with Gasteiger partial charge in [0.2, 0.25) is 0 Å². The van der Waals surface area contributed by atoms with E-state index in [9.17, 15) is 4.39 Å². The highest BCUT2D eigenvalue weighted by Gasteiger charge is 2.11. The number of benzene rings is 1. The molecule has 0 aliphatic heterocycles. The number of nitrogens with one attached hydrogen (secondary N) is 1. The summed E-state index contributed by atoms with van der Waals surface area (Å²) in [5.41, 5.74) is 0.991. The van der Waals surface area contributed by atoms with Crippen molar-refractivity contribution in [3.8, 4) is 0 Å². The van der Waals surface area contributed by atoms with Crippen LogP contribution in [0.3, 0.4) is 0 Å². The Kier molecular flexibility index (Phi) is 6.04. The lowest BCUT2D eigenvalue weighted by molar-refractivity contribution is 0.178. The van der Waals surface area contributed by atoms with Gasteiger partial charge in [-0.05, 0) is 30.7 Å². The third-order valence-corrected chi connectivity index (χ3v) is 2.51. The van der Waals surface area contributed by atoms with Gasteiger partial charge in [-0.1, -0.05) is 19.1 Å². The van der Waals surface area contributed by atoms with Gasteiger partial charge in [-0.25, -0.2) is 4.39 Å². The number of rotatable bonds is 7. The fraction of sp³-hybridized carbons (Fsp3) is 0.538. The average Bonchev–Trinajstić information content (AvgIpc) is 2.28. The Morgan fingerprint density at radius 2 is 2.25 bits per heavy atom. The Balaban J connectivity index is 2.61. The highest BCUT2D eigenvalue weighted by atomic mass is 19.1. The zero-order valence-corrected chi connectivity index (χ0v) is 10.0. The molecule has 1 rings (SSSR count). The van der Waals surface area contributed by atoms with Crippen LogP contribution in [0.2, 0.25) is 0 Å². The lowest BCUT2D eigenvalue weighted by Gasteiger charge is -2.17. The fourth-order valence-electron chi connectivity index (χ4n) is 1.69. The minimum atomic E-state index is -0.186. The van der Waals surface area contributed by atoms with E-state index >= 15 is 0 Å². The molecule has 0 saturated heterocycles.